The van der Waals surface area contributed by atoms with Crippen molar-refractivity contribution in [3.05, 3.63) is 40.1 Å². The standard InChI is InChI=1S/C16H15NO6/c18-14-10-3-1-8(6-12(10)15(19)22-14)5-9-2-4-11-13(7-9)17(21)23-16(11)20/h1,3,6,9,11,13,17H,2,4-5,7H2. The highest BCUT2D eigenvalue weighted by molar-refractivity contribution is 6.14. The maximum absolute atomic E-state index is 11.7. The van der Waals surface area contributed by atoms with Crippen molar-refractivity contribution in [1.82, 2.24) is 0 Å². The number of carbonyl (C=O) groups excluding carboxylic acids is 3. The molecule has 1 aromatic carbocycles. The summed E-state index contributed by atoms with van der Waals surface area (Å²) in [5, 5.41) is 11.3. The molecule has 0 spiro atoms. The lowest BCUT2D eigenvalue weighted by Gasteiger charge is -2.30. The van der Waals surface area contributed by atoms with E-state index in [0.29, 0.717) is 30.4 Å². The van der Waals surface area contributed by atoms with Gasteiger partial charge in [-0.05, 0) is 42.9 Å². The molecule has 7 nitrogen and oxygen atoms in total. The van der Waals surface area contributed by atoms with Crippen LogP contribution < -0.4 is 5.23 Å². The van der Waals surface area contributed by atoms with E-state index in [0.717, 1.165) is 12.0 Å². The van der Waals surface area contributed by atoms with Crippen LogP contribution in [0.1, 0.15) is 45.5 Å². The van der Waals surface area contributed by atoms with Crippen LogP contribution >= 0.6 is 0 Å². The molecule has 4 atom stereocenters. The van der Waals surface area contributed by atoms with Crippen LogP contribution in [-0.4, -0.2) is 23.9 Å². The molecule has 7 heteroatoms. The predicted molar refractivity (Wildman–Crippen MR) is 74.9 cm³/mol. The molecule has 1 saturated carbocycles. The lowest BCUT2D eigenvalue weighted by Crippen LogP contribution is -3.08. The Kier molecular flexibility index (Phi) is 3.21. The summed E-state index contributed by atoms with van der Waals surface area (Å²) in [5.41, 5.74) is 1.53. The third-order valence-electron chi connectivity index (χ3n) is 5.00. The number of hydrogen-bond donors (Lipinski definition) is 1. The molecule has 4 unspecified atom stereocenters. The smallest absolute Gasteiger partial charge is 0.376 e. The second-order valence-electron chi connectivity index (χ2n) is 6.39. The van der Waals surface area contributed by atoms with Crippen molar-refractivity contribution in [2.45, 2.75) is 31.7 Å². The minimum atomic E-state index is -0.611. The number of ether oxygens (including phenoxy) is 1. The highest BCUT2D eigenvalue weighted by Gasteiger charge is 2.48. The summed E-state index contributed by atoms with van der Waals surface area (Å²) < 4.78 is 4.58. The average Bonchev–Trinajstić information content (AvgIpc) is 2.96. The van der Waals surface area contributed by atoms with Crippen LogP contribution in [0.15, 0.2) is 18.2 Å². The van der Waals surface area contributed by atoms with Gasteiger partial charge in [-0.2, -0.15) is 5.23 Å². The molecule has 0 aromatic heterocycles. The van der Waals surface area contributed by atoms with Crippen molar-refractivity contribution in [3.8, 4) is 0 Å². The Morgan fingerprint density at radius 1 is 1.13 bits per heavy atom. The van der Waals surface area contributed by atoms with E-state index in [1.54, 1.807) is 12.1 Å². The van der Waals surface area contributed by atoms with Crippen LogP contribution in [0.2, 0.25) is 0 Å². The molecule has 0 radical (unpaired) electrons. The number of rotatable bonds is 2. The number of benzene rings is 1. The third kappa shape index (κ3) is 2.32. The van der Waals surface area contributed by atoms with E-state index in [-0.39, 0.29) is 17.9 Å². The number of fused-ring (bicyclic) bond motifs is 2. The van der Waals surface area contributed by atoms with E-state index in [1.807, 2.05) is 6.07 Å². The lowest BCUT2D eigenvalue weighted by atomic mass is 9.76. The zero-order valence-corrected chi connectivity index (χ0v) is 12.2. The van der Waals surface area contributed by atoms with Gasteiger partial charge in [0.15, 0.2) is 0 Å². The molecule has 0 bridgehead atoms. The number of hydroxylamine groups is 2. The molecular weight excluding hydrogens is 302 g/mol. The van der Waals surface area contributed by atoms with Crippen molar-refractivity contribution in [1.29, 1.82) is 0 Å². The Labute approximate surface area is 131 Å². The molecule has 1 N–H and O–H groups in total. The maximum Gasteiger partial charge on any atom is 0.376 e. The monoisotopic (exact) mass is 317 g/mol. The van der Waals surface area contributed by atoms with E-state index in [1.165, 1.54) is 0 Å². The van der Waals surface area contributed by atoms with Crippen molar-refractivity contribution in [3.63, 3.8) is 0 Å². The van der Waals surface area contributed by atoms with Crippen LogP contribution in [0.25, 0.3) is 0 Å². The topological polar surface area (TPSA) is 97.2 Å². The van der Waals surface area contributed by atoms with E-state index >= 15 is 0 Å². The maximum atomic E-state index is 11.7. The summed E-state index contributed by atoms with van der Waals surface area (Å²) >= 11 is 0. The fourth-order valence-electron chi connectivity index (χ4n) is 3.83. The first-order valence-corrected chi connectivity index (χ1v) is 7.68. The van der Waals surface area contributed by atoms with Gasteiger partial charge in [-0.15, -0.1) is 0 Å². The Hall–Kier alpha value is -2.25. The lowest BCUT2D eigenvalue weighted by molar-refractivity contribution is -1.04. The molecule has 0 amide bonds. The quantitative estimate of drug-likeness (QED) is 0.475. The Morgan fingerprint density at radius 3 is 2.74 bits per heavy atom. The van der Waals surface area contributed by atoms with E-state index in [2.05, 4.69) is 4.74 Å². The first-order valence-electron chi connectivity index (χ1n) is 7.68. The second-order valence-corrected chi connectivity index (χ2v) is 6.39. The van der Waals surface area contributed by atoms with Crippen LogP contribution in [0.4, 0.5) is 0 Å². The van der Waals surface area contributed by atoms with Gasteiger partial charge in [-0.25, -0.2) is 14.4 Å². The molecule has 1 aliphatic carbocycles. The van der Waals surface area contributed by atoms with Gasteiger partial charge in [0.1, 0.15) is 12.0 Å². The highest BCUT2D eigenvalue weighted by Crippen LogP contribution is 2.33. The molecule has 1 aromatic rings. The number of cyclic esters (lactones) is 2. The van der Waals surface area contributed by atoms with Gasteiger partial charge >= 0.3 is 17.9 Å². The number of quaternary nitrogens is 1. The number of nitrogens with one attached hydrogen (secondary N) is 1. The fraction of sp³-hybridized carbons (Fsp3) is 0.438. The summed E-state index contributed by atoms with van der Waals surface area (Å²) in [4.78, 5) is 39.3. The number of carbonyl (C=O) groups is 3. The van der Waals surface area contributed by atoms with E-state index < -0.39 is 23.1 Å². The van der Waals surface area contributed by atoms with Gasteiger partial charge in [-0.3, -0.25) is 4.84 Å². The Balaban J connectivity index is 1.49. The molecule has 1 saturated heterocycles. The van der Waals surface area contributed by atoms with Crippen LogP contribution in [0.3, 0.4) is 0 Å². The number of esters is 2. The first-order chi connectivity index (χ1) is 11.0. The highest BCUT2D eigenvalue weighted by atomic mass is 16.9. The molecule has 4 rings (SSSR count). The fourth-order valence-corrected chi connectivity index (χ4v) is 3.83. The van der Waals surface area contributed by atoms with Crippen LogP contribution in [0, 0.1) is 17.0 Å². The average molecular weight is 317 g/mol. The molecule has 2 aliphatic heterocycles. The zero-order chi connectivity index (χ0) is 16.1. The van der Waals surface area contributed by atoms with Crippen molar-refractivity contribution in [2.75, 3.05) is 0 Å². The summed E-state index contributed by atoms with van der Waals surface area (Å²) in [6, 6.07) is 4.77. The summed E-state index contributed by atoms with van der Waals surface area (Å²) in [6.07, 6.45) is 2.81. The van der Waals surface area contributed by atoms with Gasteiger partial charge < -0.3 is 9.94 Å². The molecular formula is C16H15NO6. The van der Waals surface area contributed by atoms with Crippen LogP contribution in [0.5, 0.6) is 0 Å². The third-order valence-corrected chi connectivity index (χ3v) is 5.00. The summed E-state index contributed by atoms with van der Waals surface area (Å²) in [7, 11) is 0. The van der Waals surface area contributed by atoms with Gasteiger partial charge in [0.2, 0.25) is 0 Å². The molecule has 2 fully saturated rings. The molecule has 23 heavy (non-hydrogen) atoms. The zero-order valence-electron chi connectivity index (χ0n) is 12.2. The molecule has 2 heterocycles. The van der Waals surface area contributed by atoms with Crippen molar-refractivity contribution in [2.24, 2.45) is 11.8 Å². The Bertz CT molecular complexity index is 715. The normalized spacial score (nSPS) is 32.3. The van der Waals surface area contributed by atoms with Gasteiger partial charge in [0.25, 0.3) is 0 Å². The van der Waals surface area contributed by atoms with Crippen LogP contribution in [-0.2, 0) is 20.8 Å². The Morgan fingerprint density at radius 2 is 1.91 bits per heavy atom. The minimum Gasteiger partial charge on any atom is -0.590 e. The van der Waals surface area contributed by atoms with E-state index in [9.17, 15) is 19.6 Å². The van der Waals surface area contributed by atoms with Crippen molar-refractivity contribution < 1.29 is 29.2 Å². The largest absolute Gasteiger partial charge is 0.590 e. The van der Waals surface area contributed by atoms with Gasteiger partial charge in [0, 0.05) is 6.42 Å². The predicted octanol–water partition coefficient (Wildman–Crippen LogP) is 0.179. The van der Waals surface area contributed by atoms with Gasteiger partial charge in [0.05, 0.1) is 11.1 Å². The minimum absolute atomic E-state index is 0.251. The first kappa shape index (κ1) is 14.3. The van der Waals surface area contributed by atoms with Gasteiger partial charge in [-0.1, -0.05) is 6.07 Å². The molecule has 120 valence electrons. The van der Waals surface area contributed by atoms with E-state index in [4.69, 9.17) is 4.84 Å². The summed E-state index contributed by atoms with van der Waals surface area (Å²) in [5.74, 6) is -1.64. The second kappa shape index (κ2) is 5.14. The number of hydrogen-bond acceptors (Lipinski definition) is 6. The SMILES string of the molecule is O=C1OC(=O)c2cc(CC3CCC4C(=O)O[NH+]([O-])C4C3)ccc21. The van der Waals surface area contributed by atoms with Crippen molar-refractivity contribution >= 4 is 17.9 Å². The molecule has 3 aliphatic rings. The summed E-state index contributed by atoms with van der Waals surface area (Å²) in [6.45, 7) is 0.